The zero-order chi connectivity index (χ0) is 33.3. The number of ether oxygens (including phenoxy) is 3. The van der Waals surface area contributed by atoms with Crippen molar-refractivity contribution in [3.05, 3.63) is 53.2 Å². The molecule has 11 heteroatoms. The van der Waals surface area contributed by atoms with Gasteiger partial charge < -0.3 is 28.9 Å². The summed E-state index contributed by atoms with van der Waals surface area (Å²) in [5.41, 5.74) is 3.88. The van der Waals surface area contributed by atoms with E-state index in [1.807, 2.05) is 20.8 Å². The number of hydrogen-bond acceptors (Lipinski definition) is 10. The number of likely N-dealkylation sites (tertiary alicyclic amines) is 1. The van der Waals surface area contributed by atoms with E-state index in [2.05, 4.69) is 71.1 Å². The molecule has 4 heterocycles. The summed E-state index contributed by atoms with van der Waals surface area (Å²) in [5, 5.41) is 12.2. The molecule has 0 bridgehead atoms. The maximum absolute atomic E-state index is 13.1. The standard InChI is InChI=1S/C36H47N7O4/c1-24-9-7-10-25-11-8-12-31(32(24)25)41-16-14-29-30(22-41)38-34(46-23-27-19-28(45-6)21-40(27)5)39-33(29)42-17-18-43(26(20-42)13-15-37)35(44)47-36(2,3)4/h7-12,26-28H,13-14,16-23H2,1-6H3/t26-,27-,28+/m0/s1. The highest BCUT2D eigenvalue weighted by Gasteiger charge is 2.36. The summed E-state index contributed by atoms with van der Waals surface area (Å²) < 4.78 is 17.7. The van der Waals surface area contributed by atoms with E-state index in [1.54, 1.807) is 12.0 Å². The van der Waals surface area contributed by atoms with E-state index in [4.69, 9.17) is 24.2 Å². The molecule has 1 amide bonds. The fourth-order valence-corrected chi connectivity index (χ4v) is 7.14. The number of carbonyl (C=O) groups excluding carboxylic acids is 1. The lowest BCUT2D eigenvalue weighted by Crippen LogP contribution is -2.56. The number of nitriles is 1. The number of benzene rings is 2. The average molecular weight is 642 g/mol. The van der Waals surface area contributed by atoms with Gasteiger partial charge in [0, 0.05) is 62.5 Å². The number of fused-ring (bicyclic) bond motifs is 2. The lowest BCUT2D eigenvalue weighted by Gasteiger charge is -2.42. The largest absolute Gasteiger partial charge is 0.462 e. The molecule has 0 radical (unpaired) electrons. The van der Waals surface area contributed by atoms with Crippen LogP contribution in [-0.4, -0.2) is 103 Å². The number of amides is 1. The number of hydrogen-bond donors (Lipinski definition) is 0. The average Bonchev–Trinajstić information content (AvgIpc) is 3.41. The molecule has 2 fully saturated rings. The highest BCUT2D eigenvalue weighted by Crippen LogP contribution is 2.36. The second-order valence-electron chi connectivity index (χ2n) is 14.0. The molecule has 2 saturated heterocycles. The third-order valence-corrected chi connectivity index (χ3v) is 9.58. The van der Waals surface area contributed by atoms with Crippen molar-refractivity contribution in [1.29, 1.82) is 5.26 Å². The highest BCUT2D eigenvalue weighted by molar-refractivity contribution is 5.97. The Labute approximate surface area is 278 Å². The second-order valence-corrected chi connectivity index (χ2v) is 14.0. The number of methoxy groups -OCH3 is 1. The van der Waals surface area contributed by atoms with Gasteiger partial charge in [-0.2, -0.15) is 15.2 Å². The Hall–Kier alpha value is -4.14. The Morgan fingerprint density at radius 1 is 1.04 bits per heavy atom. The van der Waals surface area contributed by atoms with Gasteiger partial charge in [-0.15, -0.1) is 0 Å². The number of anilines is 2. The van der Waals surface area contributed by atoms with E-state index in [-0.39, 0.29) is 30.7 Å². The maximum atomic E-state index is 13.1. The van der Waals surface area contributed by atoms with Crippen molar-refractivity contribution in [2.24, 2.45) is 0 Å². The van der Waals surface area contributed by atoms with Crippen molar-refractivity contribution in [1.82, 2.24) is 19.8 Å². The first-order valence-electron chi connectivity index (χ1n) is 16.6. The normalized spacial score (nSPS) is 21.9. The van der Waals surface area contributed by atoms with E-state index in [0.29, 0.717) is 38.8 Å². The first-order chi connectivity index (χ1) is 22.5. The summed E-state index contributed by atoms with van der Waals surface area (Å²) in [7, 11) is 3.85. The van der Waals surface area contributed by atoms with Gasteiger partial charge in [-0.25, -0.2) is 4.79 Å². The van der Waals surface area contributed by atoms with E-state index in [0.717, 1.165) is 43.0 Å². The Bertz CT molecular complexity index is 1650. The SMILES string of the molecule is CO[C@@H]1C[C@@H](COc2nc3c(c(N4CCN(C(=O)OC(C)(C)C)[C@@H](CC#N)C4)n2)CCN(c2cccc4cccc(C)c24)C3)N(C)C1. The minimum absolute atomic E-state index is 0.185. The van der Waals surface area contributed by atoms with E-state index in [9.17, 15) is 10.1 Å². The molecule has 2 aromatic carbocycles. The van der Waals surface area contributed by atoms with Crippen molar-refractivity contribution in [2.75, 3.05) is 63.3 Å². The third kappa shape index (κ3) is 7.09. The first-order valence-corrected chi connectivity index (χ1v) is 16.6. The fraction of sp³-hybridized carbons (Fsp3) is 0.556. The summed E-state index contributed by atoms with van der Waals surface area (Å²) in [6.07, 6.45) is 1.66. The predicted octanol–water partition coefficient (Wildman–Crippen LogP) is 4.94. The summed E-state index contributed by atoms with van der Waals surface area (Å²) >= 11 is 0. The lowest BCUT2D eigenvalue weighted by molar-refractivity contribution is 0.0144. The minimum atomic E-state index is -0.617. The van der Waals surface area contributed by atoms with Gasteiger partial charge in [0.15, 0.2) is 0 Å². The molecule has 3 aromatic rings. The van der Waals surface area contributed by atoms with Gasteiger partial charge in [0.05, 0.1) is 36.9 Å². The second kappa shape index (κ2) is 13.5. The first kappa shape index (κ1) is 32.8. The fourth-order valence-electron chi connectivity index (χ4n) is 7.14. The number of piperazine rings is 1. The van der Waals surface area contributed by atoms with Crippen LogP contribution in [0.1, 0.15) is 50.4 Å². The Kier molecular flexibility index (Phi) is 9.44. The van der Waals surface area contributed by atoms with E-state index >= 15 is 0 Å². The molecule has 0 saturated carbocycles. The molecule has 47 heavy (non-hydrogen) atoms. The van der Waals surface area contributed by atoms with Gasteiger partial charge in [-0.05, 0) is 64.6 Å². The molecule has 0 spiro atoms. The molecule has 11 nitrogen and oxygen atoms in total. The van der Waals surface area contributed by atoms with Crippen LogP contribution in [0.2, 0.25) is 0 Å². The number of nitrogens with zero attached hydrogens (tertiary/aromatic N) is 7. The van der Waals surface area contributed by atoms with Gasteiger partial charge >= 0.3 is 12.1 Å². The monoisotopic (exact) mass is 641 g/mol. The van der Waals surface area contributed by atoms with Crippen LogP contribution < -0.4 is 14.5 Å². The maximum Gasteiger partial charge on any atom is 0.410 e. The summed E-state index contributed by atoms with van der Waals surface area (Å²) in [6, 6.07) is 15.4. The zero-order valence-electron chi connectivity index (χ0n) is 28.5. The topological polar surface area (TPSA) is 107 Å². The molecule has 250 valence electrons. The van der Waals surface area contributed by atoms with Gasteiger partial charge in [0.2, 0.25) is 0 Å². The lowest BCUT2D eigenvalue weighted by atomic mass is 9.99. The van der Waals surface area contributed by atoms with Crippen LogP contribution in [-0.2, 0) is 22.4 Å². The van der Waals surface area contributed by atoms with Gasteiger partial charge in [-0.1, -0.05) is 30.3 Å². The van der Waals surface area contributed by atoms with Crippen LogP contribution in [0.15, 0.2) is 36.4 Å². The quantitative estimate of drug-likeness (QED) is 0.352. The molecular formula is C36H47N7O4. The molecule has 3 aliphatic rings. The zero-order valence-corrected chi connectivity index (χ0v) is 28.5. The van der Waals surface area contributed by atoms with Crippen molar-refractivity contribution >= 4 is 28.4 Å². The van der Waals surface area contributed by atoms with Crippen LogP contribution in [0.25, 0.3) is 10.8 Å². The number of likely N-dealkylation sites (N-methyl/N-ethyl adjacent to an activating group) is 1. The third-order valence-electron chi connectivity index (χ3n) is 9.58. The summed E-state index contributed by atoms with van der Waals surface area (Å²) in [6.45, 7) is 12.0. The summed E-state index contributed by atoms with van der Waals surface area (Å²) in [5.74, 6) is 0.833. The smallest absolute Gasteiger partial charge is 0.410 e. The minimum Gasteiger partial charge on any atom is -0.462 e. The van der Waals surface area contributed by atoms with E-state index in [1.165, 1.54) is 22.0 Å². The van der Waals surface area contributed by atoms with Crippen molar-refractivity contribution < 1.29 is 19.0 Å². The summed E-state index contributed by atoms with van der Waals surface area (Å²) in [4.78, 5) is 31.7. The highest BCUT2D eigenvalue weighted by atomic mass is 16.6. The van der Waals surface area contributed by atoms with Crippen molar-refractivity contribution in [3.8, 4) is 12.1 Å². The van der Waals surface area contributed by atoms with Gasteiger partial charge in [-0.3, -0.25) is 4.90 Å². The van der Waals surface area contributed by atoms with E-state index < -0.39 is 5.60 Å². The van der Waals surface area contributed by atoms with Gasteiger partial charge in [0.25, 0.3) is 0 Å². The Morgan fingerprint density at radius 3 is 2.55 bits per heavy atom. The van der Waals surface area contributed by atoms with Crippen LogP contribution in [0.5, 0.6) is 6.01 Å². The van der Waals surface area contributed by atoms with Crippen LogP contribution in [0.4, 0.5) is 16.3 Å². The van der Waals surface area contributed by atoms with Crippen molar-refractivity contribution in [2.45, 2.75) is 77.3 Å². The van der Waals surface area contributed by atoms with Crippen LogP contribution >= 0.6 is 0 Å². The molecule has 3 atom stereocenters. The number of aryl methyl sites for hydroxylation is 1. The number of carbonyl (C=O) groups is 1. The number of aromatic nitrogens is 2. The molecule has 3 aliphatic heterocycles. The Balaban J connectivity index is 1.31. The van der Waals surface area contributed by atoms with Crippen LogP contribution in [0.3, 0.4) is 0 Å². The molecule has 0 unspecified atom stereocenters. The predicted molar refractivity (Wildman–Crippen MR) is 182 cm³/mol. The molecule has 1 aromatic heterocycles. The molecule has 0 aliphatic carbocycles. The van der Waals surface area contributed by atoms with Gasteiger partial charge in [0.1, 0.15) is 18.0 Å². The Morgan fingerprint density at radius 2 is 1.83 bits per heavy atom. The number of rotatable bonds is 7. The van der Waals surface area contributed by atoms with Crippen LogP contribution in [0, 0.1) is 18.3 Å². The molecule has 6 rings (SSSR count). The van der Waals surface area contributed by atoms with Crippen molar-refractivity contribution in [3.63, 3.8) is 0 Å². The molecular weight excluding hydrogens is 594 g/mol. The molecule has 0 N–H and O–H groups in total.